The number of methoxy groups -OCH3 is 1. The number of thiophene rings is 1. The Morgan fingerprint density at radius 3 is 3.00 bits per heavy atom. The molecule has 0 aromatic carbocycles. The smallest absolute Gasteiger partial charge is 0.328 e. The van der Waals surface area contributed by atoms with Gasteiger partial charge in [-0.15, -0.1) is 11.3 Å². The van der Waals surface area contributed by atoms with Crippen LogP contribution in [0, 0.1) is 0 Å². The van der Waals surface area contributed by atoms with Crippen LogP contribution in [-0.2, 0) is 14.3 Å². The lowest BCUT2D eigenvalue weighted by Gasteiger charge is -2.14. The SMILES string of the molecule is COC(=O)[C@H](CC(=O)O)Nc1nc2ccsc2c(=O)[nH]1. The Labute approximate surface area is 116 Å². The van der Waals surface area contributed by atoms with Crippen molar-refractivity contribution in [2.24, 2.45) is 0 Å². The predicted octanol–water partition coefficient (Wildman–Crippen LogP) is 0.413. The summed E-state index contributed by atoms with van der Waals surface area (Å²) in [6.45, 7) is 0. The number of esters is 1. The molecule has 0 amide bonds. The van der Waals surface area contributed by atoms with Crippen LogP contribution in [0.25, 0.3) is 10.2 Å². The fourth-order valence-corrected chi connectivity index (χ4v) is 2.34. The third-order valence-corrected chi connectivity index (χ3v) is 3.39. The summed E-state index contributed by atoms with van der Waals surface area (Å²) < 4.78 is 4.97. The highest BCUT2D eigenvalue weighted by Crippen LogP contribution is 2.15. The van der Waals surface area contributed by atoms with Crippen LogP contribution in [0.2, 0.25) is 0 Å². The predicted molar refractivity (Wildman–Crippen MR) is 71.9 cm³/mol. The zero-order chi connectivity index (χ0) is 14.7. The number of rotatable bonds is 5. The molecule has 0 bridgehead atoms. The number of carbonyl (C=O) groups excluding carboxylic acids is 1. The van der Waals surface area contributed by atoms with Crippen molar-refractivity contribution in [2.75, 3.05) is 12.4 Å². The van der Waals surface area contributed by atoms with Crippen LogP contribution in [0.4, 0.5) is 5.95 Å². The number of H-pyrrole nitrogens is 1. The van der Waals surface area contributed by atoms with E-state index in [4.69, 9.17) is 5.11 Å². The highest BCUT2D eigenvalue weighted by atomic mass is 32.1. The molecule has 0 aliphatic rings. The van der Waals surface area contributed by atoms with Gasteiger partial charge in [0.15, 0.2) is 0 Å². The quantitative estimate of drug-likeness (QED) is 0.683. The van der Waals surface area contributed by atoms with E-state index in [-0.39, 0.29) is 11.5 Å². The Morgan fingerprint density at radius 1 is 1.60 bits per heavy atom. The van der Waals surface area contributed by atoms with Crippen LogP contribution in [0.15, 0.2) is 16.2 Å². The topological polar surface area (TPSA) is 121 Å². The number of carboxylic acids is 1. The monoisotopic (exact) mass is 297 g/mol. The molecule has 20 heavy (non-hydrogen) atoms. The zero-order valence-electron chi connectivity index (χ0n) is 10.4. The normalized spacial score (nSPS) is 12.1. The lowest BCUT2D eigenvalue weighted by Crippen LogP contribution is -2.34. The molecule has 0 saturated carbocycles. The number of hydrogen-bond donors (Lipinski definition) is 3. The number of nitrogens with zero attached hydrogens (tertiary/aromatic N) is 1. The van der Waals surface area contributed by atoms with Crippen molar-refractivity contribution < 1.29 is 19.4 Å². The molecule has 9 heteroatoms. The molecule has 0 fully saturated rings. The van der Waals surface area contributed by atoms with Crippen molar-refractivity contribution in [3.8, 4) is 0 Å². The summed E-state index contributed by atoms with van der Waals surface area (Å²) >= 11 is 1.24. The van der Waals surface area contributed by atoms with Crippen molar-refractivity contribution in [1.82, 2.24) is 9.97 Å². The average molecular weight is 297 g/mol. The molecule has 0 unspecified atom stereocenters. The molecule has 2 aromatic rings. The van der Waals surface area contributed by atoms with E-state index in [1.165, 1.54) is 11.3 Å². The van der Waals surface area contributed by atoms with Gasteiger partial charge in [0.25, 0.3) is 5.56 Å². The number of hydrogen-bond acceptors (Lipinski definition) is 7. The minimum Gasteiger partial charge on any atom is -0.481 e. The van der Waals surface area contributed by atoms with Crippen molar-refractivity contribution >= 4 is 39.4 Å². The van der Waals surface area contributed by atoms with Crippen LogP contribution in [-0.4, -0.2) is 40.2 Å². The number of fused-ring (bicyclic) bond motifs is 1. The highest BCUT2D eigenvalue weighted by molar-refractivity contribution is 7.17. The van der Waals surface area contributed by atoms with Gasteiger partial charge in [0.05, 0.1) is 19.0 Å². The van der Waals surface area contributed by atoms with Crippen molar-refractivity contribution in [1.29, 1.82) is 0 Å². The van der Waals surface area contributed by atoms with Gasteiger partial charge in [0, 0.05) is 0 Å². The summed E-state index contributed by atoms with van der Waals surface area (Å²) in [4.78, 5) is 40.5. The van der Waals surface area contributed by atoms with E-state index < -0.39 is 24.4 Å². The minimum atomic E-state index is -1.17. The summed E-state index contributed by atoms with van der Waals surface area (Å²) in [6.07, 6.45) is -0.488. The first-order valence-electron chi connectivity index (χ1n) is 5.55. The van der Waals surface area contributed by atoms with E-state index in [0.29, 0.717) is 10.2 Å². The average Bonchev–Trinajstić information content (AvgIpc) is 2.85. The summed E-state index contributed by atoms with van der Waals surface area (Å²) in [5, 5.41) is 13.0. The number of carbonyl (C=O) groups is 2. The molecular weight excluding hydrogens is 286 g/mol. The zero-order valence-corrected chi connectivity index (χ0v) is 11.2. The summed E-state index contributed by atoms with van der Waals surface area (Å²) in [7, 11) is 1.15. The molecular formula is C11H11N3O5S. The number of ether oxygens (including phenoxy) is 1. The first-order valence-corrected chi connectivity index (χ1v) is 6.43. The third-order valence-electron chi connectivity index (χ3n) is 2.49. The van der Waals surface area contributed by atoms with Gasteiger partial charge in [-0.25, -0.2) is 9.78 Å². The Kier molecular flexibility index (Phi) is 3.99. The van der Waals surface area contributed by atoms with Crippen LogP contribution in [0.5, 0.6) is 0 Å². The molecule has 0 radical (unpaired) electrons. The number of carboxylic acid groups (broad SMARTS) is 1. The summed E-state index contributed by atoms with van der Waals surface area (Å²) in [5.74, 6) is -1.90. The van der Waals surface area contributed by atoms with Gasteiger partial charge in [0.2, 0.25) is 5.95 Å². The molecule has 0 saturated heterocycles. The van der Waals surface area contributed by atoms with Gasteiger partial charge < -0.3 is 15.2 Å². The molecule has 0 aliphatic heterocycles. The molecule has 106 valence electrons. The maximum absolute atomic E-state index is 11.7. The summed E-state index contributed by atoms with van der Waals surface area (Å²) in [5.41, 5.74) is 0.117. The number of aliphatic carboxylic acids is 1. The van der Waals surface area contributed by atoms with Crippen LogP contribution >= 0.6 is 11.3 Å². The van der Waals surface area contributed by atoms with Gasteiger partial charge in [-0.3, -0.25) is 14.6 Å². The second-order valence-electron chi connectivity index (χ2n) is 3.87. The fourth-order valence-electron chi connectivity index (χ4n) is 1.62. The van der Waals surface area contributed by atoms with Crippen LogP contribution in [0.1, 0.15) is 6.42 Å². The number of nitrogens with one attached hydrogen (secondary N) is 2. The van der Waals surface area contributed by atoms with Gasteiger partial charge in [-0.05, 0) is 11.4 Å². The molecule has 0 spiro atoms. The third kappa shape index (κ3) is 2.94. The Hall–Kier alpha value is -2.42. The fraction of sp³-hybridized carbons (Fsp3) is 0.273. The maximum Gasteiger partial charge on any atom is 0.328 e. The Bertz CT molecular complexity index is 707. The van der Waals surface area contributed by atoms with Crippen LogP contribution < -0.4 is 10.9 Å². The van der Waals surface area contributed by atoms with E-state index in [0.717, 1.165) is 7.11 Å². The number of aromatic amines is 1. The Balaban J connectivity index is 2.30. The molecule has 2 rings (SSSR count). The molecule has 0 aliphatic carbocycles. The molecule has 3 N–H and O–H groups in total. The van der Waals surface area contributed by atoms with E-state index in [1.54, 1.807) is 11.4 Å². The maximum atomic E-state index is 11.7. The van der Waals surface area contributed by atoms with Gasteiger partial charge >= 0.3 is 11.9 Å². The van der Waals surface area contributed by atoms with Crippen molar-refractivity contribution in [3.63, 3.8) is 0 Å². The standard InChI is InChI=1S/C11H11N3O5S/c1-19-10(18)6(4-7(15)16)13-11-12-5-2-3-20-8(5)9(17)14-11/h2-3,6H,4H2,1H3,(H,15,16)(H2,12,13,14,17)/t6-/m0/s1. The number of anilines is 1. The Morgan fingerprint density at radius 2 is 2.35 bits per heavy atom. The minimum absolute atomic E-state index is 0.0255. The van der Waals surface area contributed by atoms with Gasteiger partial charge in [-0.2, -0.15) is 0 Å². The van der Waals surface area contributed by atoms with Gasteiger partial charge in [-0.1, -0.05) is 0 Å². The molecule has 1 atom stereocenters. The van der Waals surface area contributed by atoms with Crippen molar-refractivity contribution in [3.05, 3.63) is 21.8 Å². The lowest BCUT2D eigenvalue weighted by atomic mass is 10.2. The van der Waals surface area contributed by atoms with Gasteiger partial charge in [0.1, 0.15) is 10.7 Å². The molecule has 2 heterocycles. The highest BCUT2D eigenvalue weighted by Gasteiger charge is 2.23. The van der Waals surface area contributed by atoms with E-state index in [9.17, 15) is 14.4 Å². The molecule has 2 aromatic heterocycles. The summed E-state index contributed by atoms with van der Waals surface area (Å²) in [6, 6.07) is 0.529. The van der Waals surface area contributed by atoms with Crippen molar-refractivity contribution in [2.45, 2.75) is 12.5 Å². The van der Waals surface area contributed by atoms with Crippen LogP contribution in [0.3, 0.4) is 0 Å². The largest absolute Gasteiger partial charge is 0.481 e. The second-order valence-corrected chi connectivity index (χ2v) is 4.78. The first-order chi connectivity index (χ1) is 9.51. The van der Waals surface area contributed by atoms with E-state index >= 15 is 0 Å². The number of aromatic nitrogens is 2. The van der Waals surface area contributed by atoms with E-state index in [1.807, 2.05) is 0 Å². The first kappa shape index (κ1) is 14.0. The van der Waals surface area contributed by atoms with E-state index in [2.05, 4.69) is 20.0 Å². The second kappa shape index (κ2) is 5.70. The lowest BCUT2D eigenvalue weighted by molar-refractivity contribution is -0.146. The molecule has 8 nitrogen and oxygen atoms in total.